The van der Waals surface area contributed by atoms with Gasteiger partial charge in [-0.25, -0.2) is 4.39 Å². The maximum Gasteiger partial charge on any atom is 0.255 e. The maximum absolute atomic E-state index is 14.8. The molecule has 0 unspecified atom stereocenters. The molecule has 4 aromatic rings. The van der Waals surface area contributed by atoms with E-state index in [1.165, 1.54) is 20.2 Å². The van der Waals surface area contributed by atoms with Crippen LogP contribution in [0.2, 0.25) is 0 Å². The zero-order valence-electron chi connectivity index (χ0n) is 24.4. The van der Waals surface area contributed by atoms with E-state index in [9.17, 15) is 9.18 Å². The number of fused-ring (bicyclic) bond motifs is 1. The highest BCUT2D eigenvalue weighted by molar-refractivity contribution is 5.91. The predicted octanol–water partition coefficient (Wildman–Crippen LogP) is 6.05. The molecule has 0 saturated carbocycles. The van der Waals surface area contributed by atoms with Crippen molar-refractivity contribution in [2.45, 2.75) is 19.9 Å². The first-order valence-electron chi connectivity index (χ1n) is 13.5. The number of halogens is 1. The molecule has 0 radical (unpaired) electrons. The van der Waals surface area contributed by atoms with Crippen LogP contribution in [-0.4, -0.2) is 31.9 Å². The molecule has 4 rings (SSSR count). The van der Waals surface area contributed by atoms with Gasteiger partial charge in [-0.3, -0.25) is 15.6 Å². The van der Waals surface area contributed by atoms with E-state index in [1.807, 2.05) is 37.3 Å². The van der Waals surface area contributed by atoms with Crippen LogP contribution in [0.15, 0.2) is 117 Å². The zero-order chi connectivity index (χ0) is 30.8. The van der Waals surface area contributed by atoms with Crippen LogP contribution in [0.25, 0.3) is 10.9 Å². The highest BCUT2D eigenvalue weighted by Crippen LogP contribution is 2.35. The van der Waals surface area contributed by atoms with Crippen molar-refractivity contribution in [3.8, 4) is 11.5 Å². The molecule has 0 fully saturated rings. The van der Waals surface area contributed by atoms with E-state index in [0.717, 1.165) is 5.56 Å². The van der Waals surface area contributed by atoms with Crippen LogP contribution in [0.5, 0.6) is 11.5 Å². The van der Waals surface area contributed by atoms with Crippen molar-refractivity contribution >= 4 is 10.9 Å². The highest BCUT2D eigenvalue weighted by Gasteiger charge is 2.21. The lowest BCUT2D eigenvalue weighted by Crippen LogP contribution is -2.27. The smallest absolute Gasteiger partial charge is 0.255 e. The molecule has 1 aromatic heterocycles. The molecule has 0 aliphatic rings. The summed E-state index contributed by atoms with van der Waals surface area (Å²) in [5.41, 5.74) is 9.20. The Balaban J connectivity index is 1.91. The SMILES string of the molecule is C=C(COc1cc(OCC(=C)NN=NC)c2c(C)c(Cc3ccccc3F)c(=O)n(Cc3ccccc3)c2c1)NN=NC. The normalized spacial score (nSPS) is 11.3. The molecule has 0 spiro atoms. The molecule has 43 heavy (non-hydrogen) atoms. The van der Waals surface area contributed by atoms with Gasteiger partial charge in [-0.2, -0.15) is 10.2 Å². The minimum absolute atomic E-state index is 0.0582. The number of pyridine rings is 1. The summed E-state index contributed by atoms with van der Waals surface area (Å²) >= 11 is 0. The van der Waals surface area contributed by atoms with Gasteiger partial charge in [-0.15, -0.1) is 0 Å². The van der Waals surface area contributed by atoms with Gasteiger partial charge < -0.3 is 14.0 Å². The second kappa shape index (κ2) is 14.5. The van der Waals surface area contributed by atoms with Crippen molar-refractivity contribution in [1.29, 1.82) is 0 Å². The summed E-state index contributed by atoms with van der Waals surface area (Å²) < 4.78 is 28.7. The number of ether oxygens (including phenoxy) is 2. The molecule has 2 N–H and O–H groups in total. The van der Waals surface area contributed by atoms with Crippen molar-refractivity contribution in [2.75, 3.05) is 27.3 Å². The Morgan fingerprint density at radius 1 is 0.907 bits per heavy atom. The largest absolute Gasteiger partial charge is 0.487 e. The monoisotopic (exact) mass is 583 g/mol. The van der Waals surface area contributed by atoms with Crippen LogP contribution in [0.3, 0.4) is 0 Å². The number of hydrogen-bond acceptors (Lipinski definition) is 7. The number of nitrogens with zero attached hydrogens (tertiary/aromatic N) is 5. The van der Waals surface area contributed by atoms with Crippen molar-refractivity contribution in [3.63, 3.8) is 0 Å². The van der Waals surface area contributed by atoms with Gasteiger partial charge in [0.25, 0.3) is 5.56 Å². The van der Waals surface area contributed by atoms with Gasteiger partial charge in [-0.05, 0) is 29.7 Å². The summed E-state index contributed by atoms with van der Waals surface area (Å²) in [5.74, 6) is 0.512. The summed E-state index contributed by atoms with van der Waals surface area (Å²) in [6.07, 6.45) is 0.113. The molecule has 10 nitrogen and oxygen atoms in total. The van der Waals surface area contributed by atoms with E-state index in [0.29, 0.717) is 50.5 Å². The van der Waals surface area contributed by atoms with Gasteiger partial charge in [0.1, 0.15) is 30.5 Å². The van der Waals surface area contributed by atoms with Gasteiger partial charge >= 0.3 is 0 Å². The van der Waals surface area contributed by atoms with Crippen molar-refractivity contribution in [3.05, 3.63) is 130 Å². The Hall–Kier alpha value is -5.32. The Morgan fingerprint density at radius 3 is 2.19 bits per heavy atom. The van der Waals surface area contributed by atoms with E-state index in [-0.39, 0.29) is 37.6 Å². The lowest BCUT2D eigenvalue weighted by molar-refractivity contribution is 0.328. The highest BCUT2D eigenvalue weighted by atomic mass is 19.1. The molecular weight excluding hydrogens is 549 g/mol. The molecule has 0 aliphatic carbocycles. The predicted molar refractivity (Wildman–Crippen MR) is 165 cm³/mol. The quantitative estimate of drug-likeness (QED) is 0.139. The fourth-order valence-electron chi connectivity index (χ4n) is 4.55. The third kappa shape index (κ3) is 7.70. The van der Waals surface area contributed by atoms with Crippen LogP contribution < -0.4 is 25.9 Å². The molecule has 0 aliphatic heterocycles. The summed E-state index contributed by atoms with van der Waals surface area (Å²) in [6.45, 7) is 10.1. The van der Waals surface area contributed by atoms with Gasteiger partial charge in [0.05, 0.1) is 37.6 Å². The number of aryl methyl sites for hydroxylation is 1. The Morgan fingerprint density at radius 2 is 1.53 bits per heavy atom. The Labute approximate surface area is 249 Å². The van der Waals surface area contributed by atoms with Crippen LogP contribution >= 0.6 is 0 Å². The van der Waals surface area contributed by atoms with E-state index in [1.54, 1.807) is 34.9 Å². The first kappa shape index (κ1) is 30.6. The molecular formula is C32H34FN7O3. The van der Waals surface area contributed by atoms with Gasteiger partial charge in [0.2, 0.25) is 0 Å². The van der Waals surface area contributed by atoms with Crippen LogP contribution in [0.1, 0.15) is 22.3 Å². The molecule has 0 amide bonds. The van der Waals surface area contributed by atoms with Crippen molar-refractivity contribution in [1.82, 2.24) is 15.4 Å². The molecule has 0 saturated heterocycles. The van der Waals surface area contributed by atoms with E-state index < -0.39 is 0 Å². The molecule has 222 valence electrons. The molecule has 0 atom stereocenters. The number of benzene rings is 3. The standard InChI is InChI=1S/C32H34FN7O3/c1-21(36-38-34-4)19-42-26-16-29-31(30(17-26)43-20-22(2)37-39-35-5)23(3)27(15-25-13-9-10-14-28(25)33)32(41)40(29)18-24-11-7-6-8-12-24/h6-14,16-17H,1-2,15,18-20H2,3-5H3,(H,34,36)(H,35,37). The van der Waals surface area contributed by atoms with Crippen molar-refractivity contribution in [2.24, 2.45) is 20.7 Å². The summed E-state index contributed by atoms with van der Waals surface area (Å²) in [4.78, 5) is 14.2. The maximum atomic E-state index is 14.8. The van der Waals surface area contributed by atoms with E-state index >= 15 is 0 Å². The van der Waals surface area contributed by atoms with Gasteiger partial charge in [0, 0.05) is 29.5 Å². The molecule has 3 aromatic carbocycles. The van der Waals surface area contributed by atoms with Crippen LogP contribution in [-0.2, 0) is 13.0 Å². The fourth-order valence-corrected chi connectivity index (χ4v) is 4.55. The Kier molecular flexibility index (Phi) is 10.4. The number of hydrogen-bond donors (Lipinski definition) is 2. The summed E-state index contributed by atoms with van der Waals surface area (Å²) in [5, 5.41) is 15.5. The van der Waals surface area contributed by atoms with Gasteiger partial charge in [0.15, 0.2) is 0 Å². The second-order valence-electron chi connectivity index (χ2n) is 9.67. The number of nitrogens with one attached hydrogen (secondary N) is 2. The number of aromatic nitrogens is 1. The lowest BCUT2D eigenvalue weighted by Gasteiger charge is -2.21. The zero-order valence-corrected chi connectivity index (χ0v) is 24.4. The Bertz CT molecular complexity index is 1730. The molecule has 0 bridgehead atoms. The van der Waals surface area contributed by atoms with Crippen LogP contribution in [0, 0.1) is 12.7 Å². The first-order chi connectivity index (χ1) is 20.8. The van der Waals surface area contributed by atoms with Crippen molar-refractivity contribution < 1.29 is 13.9 Å². The van der Waals surface area contributed by atoms with Crippen LogP contribution in [0.4, 0.5) is 4.39 Å². The average Bonchev–Trinajstić information content (AvgIpc) is 3.02. The lowest BCUT2D eigenvalue weighted by atomic mass is 9.97. The van der Waals surface area contributed by atoms with Gasteiger partial charge in [-0.1, -0.05) is 72.1 Å². The molecule has 1 heterocycles. The fraction of sp³-hybridized carbons (Fsp3) is 0.219. The second-order valence-corrected chi connectivity index (χ2v) is 9.67. The minimum Gasteiger partial charge on any atom is -0.487 e. The molecule has 11 heteroatoms. The first-order valence-corrected chi connectivity index (χ1v) is 13.5. The van der Waals surface area contributed by atoms with E-state index in [4.69, 9.17) is 9.47 Å². The minimum atomic E-state index is -0.375. The summed E-state index contributed by atoms with van der Waals surface area (Å²) in [7, 11) is 3.07. The third-order valence-corrected chi connectivity index (χ3v) is 6.62. The topological polar surface area (TPSA) is 114 Å². The van der Waals surface area contributed by atoms with E-state index in [2.05, 4.69) is 44.7 Å². The average molecular weight is 584 g/mol. The number of rotatable bonds is 14. The third-order valence-electron chi connectivity index (χ3n) is 6.62. The summed E-state index contributed by atoms with van der Waals surface area (Å²) in [6, 6.07) is 19.6.